The molecule has 0 saturated heterocycles. The number of aromatic carboxylic acids is 2. The molecule has 8 heteroatoms. The van der Waals surface area contributed by atoms with Crippen molar-refractivity contribution in [2.75, 3.05) is 23.2 Å². The number of hydrogen-bond acceptors (Lipinski definition) is 5. The molecular formula is C23H23N2O5P. The number of para-hydroxylation sites is 2. The van der Waals surface area contributed by atoms with Gasteiger partial charge in [0.25, 0.3) is 0 Å². The molecule has 0 aromatic heterocycles. The summed E-state index contributed by atoms with van der Waals surface area (Å²) in [6, 6.07) is 18.6. The van der Waals surface area contributed by atoms with Gasteiger partial charge in [-0.15, -0.1) is 0 Å². The summed E-state index contributed by atoms with van der Waals surface area (Å²) in [7, 11) is -1.06. The summed E-state index contributed by atoms with van der Waals surface area (Å²) in [5.74, 6) is -1.91. The van der Waals surface area contributed by atoms with Crippen molar-refractivity contribution in [1.82, 2.24) is 0 Å². The topological polar surface area (TPSA) is 119 Å². The van der Waals surface area contributed by atoms with E-state index >= 15 is 0 Å². The van der Waals surface area contributed by atoms with E-state index in [2.05, 4.69) is 10.6 Å². The molecule has 0 radical (unpaired) electrons. The first-order chi connectivity index (χ1) is 14.9. The smallest absolute Gasteiger partial charge is 0.337 e. The molecule has 0 aliphatic heterocycles. The van der Waals surface area contributed by atoms with Crippen LogP contribution < -0.4 is 15.9 Å². The van der Waals surface area contributed by atoms with Crippen LogP contribution >= 0.6 is 7.92 Å². The molecule has 0 fully saturated rings. The molecule has 0 bridgehead atoms. The number of rotatable bonds is 9. The number of phenolic OH excluding ortho intramolecular Hbond substituents is 1. The first-order valence-electron chi connectivity index (χ1n) is 9.53. The number of anilines is 2. The minimum absolute atomic E-state index is 0.151. The van der Waals surface area contributed by atoms with Gasteiger partial charge in [-0.3, -0.25) is 0 Å². The summed E-state index contributed by atoms with van der Waals surface area (Å²) in [6.07, 6.45) is 0.776. The monoisotopic (exact) mass is 438 g/mol. The summed E-state index contributed by atoms with van der Waals surface area (Å²) in [6.45, 7) is 1.93. The summed E-state index contributed by atoms with van der Waals surface area (Å²) in [5.41, 5.74) is 2.28. The maximum absolute atomic E-state index is 11.5. The van der Waals surface area contributed by atoms with Gasteiger partial charge in [-0.05, 0) is 51.2 Å². The summed E-state index contributed by atoms with van der Waals surface area (Å²) < 4.78 is 0. The van der Waals surface area contributed by atoms with Gasteiger partial charge in [0.15, 0.2) is 0 Å². The average molecular weight is 438 g/mol. The lowest BCUT2D eigenvalue weighted by Crippen LogP contribution is -2.18. The predicted octanol–water partition coefficient (Wildman–Crippen LogP) is 4.34. The van der Waals surface area contributed by atoms with Gasteiger partial charge in [0.05, 0.1) is 11.1 Å². The van der Waals surface area contributed by atoms with E-state index in [-0.39, 0.29) is 16.9 Å². The molecule has 0 atom stereocenters. The lowest BCUT2D eigenvalue weighted by molar-refractivity contribution is 0.0687. The Hall–Kier alpha value is -3.57. The van der Waals surface area contributed by atoms with E-state index in [1.54, 1.807) is 42.5 Å². The SMILES string of the molecule is Cc1ccc(O)c(P(CNc2ccccc2C(=O)O)CNc2ccccc2C(=O)O)c1. The van der Waals surface area contributed by atoms with Crippen molar-refractivity contribution in [1.29, 1.82) is 0 Å². The molecule has 0 amide bonds. The average Bonchev–Trinajstić information content (AvgIpc) is 2.76. The molecule has 3 aromatic carbocycles. The molecule has 160 valence electrons. The molecule has 0 aliphatic carbocycles. The highest BCUT2D eigenvalue weighted by atomic mass is 31.1. The third kappa shape index (κ3) is 5.53. The van der Waals surface area contributed by atoms with Crippen LogP contribution in [0, 0.1) is 6.92 Å². The molecule has 3 rings (SSSR count). The largest absolute Gasteiger partial charge is 0.507 e. The molecule has 0 aliphatic rings. The Balaban J connectivity index is 1.87. The van der Waals surface area contributed by atoms with E-state index in [0.717, 1.165) is 10.9 Å². The number of carboxylic acids is 2. The number of benzene rings is 3. The second-order valence-corrected chi connectivity index (χ2v) is 9.10. The highest BCUT2D eigenvalue weighted by Gasteiger charge is 2.18. The van der Waals surface area contributed by atoms with Gasteiger partial charge in [-0.1, -0.05) is 35.9 Å². The van der Waals surface area contributed by atoms with Crippen molar-refractivity contribution < 1.29 is 24.9 Å². The van der Waals surface area contributed by atoms with Crippen LogP contribution in [-0.2, 0) is 0 Å². The Bertz CT molecular complexity index is 1040. The van der Waals surface area contributed by atoms with E-state index in [1.807, 2.05) is 19.1 Å². The second-order valence-electron chi connectivity index (χ2n) is 6.90. The molecule has 0 saturated carbocycles. The van der Waals surface area contributed by atoms with Crippen LogP contribution in [-0.4, -0.2) is 39.8 Å². The van der Waals surface area contributed by atoms with E-state index in [4.69, 9.17) is 0 Å². The van der Waals surface area contributed by atoms with Crippen LogP contribution in [0.3, 0.4) is 0 Å². The van der Waals surface area contributed by atoms with Gasteiger partial charge >= 0.3 is 11.9 Å². The molecular weight excluding hydrogens is 415 g/mol. The molecule has 0 heterocycles. The Morgan fingerprint density at radius 1 is 0.806 bits per heavy atom. The van der Waals surface area contributed by atoms with Gasteiger partial charge in [-0.25, -0.2) is 9.59 Å². The molecule has 3 aromatic rings. The third-order valence-corrected chi connectivity index (χ3v) is 6.83. The molecule has 5 N–H and O–H groups in total. The van der Waals surface area contributed by atoms with Crippen molar-refractivity contribution in [2.24, 2.45) is 0 Å². The number of aromatic hydroxyl groups is 1. The first-order valence-corrected chi connectivity index (χ1v) is 11.2. The molecule has 0 spiro atoms. The van der Waals surface area contributed by atoms with Crippen LogP contribution in [0.1, 0.15) is 26.3 Å². The number of nitrogens with one attached hydrogen (secondary N) is 2. The van der Waals surface area contributed by atoms with Gasteiger partial charge in [0.2, 0.25) is 0 Å². The number of carbonyl (C=O) groups is 2. The van der Waals surface area contributed by atoms with Crippen LogP contribution in [0.25, 0.3) is 0 Å². The Labute approximate surface area is 181 Å². The summed E-state index contributed by atoms with van der Waals surface area (Å²) >= 11 is 0. The summed E-state index contributed by atoms with van der Waals surface area (Å²) in [5, 5.41) is 36.4. The van der Waals surface area contributed by atoms with Crippen molar-refractivity contribution in [2.45, 2.75) is 6.92 Å². The van der Waals surface area contributed by atoms with E-state index < -0.39 is 19.9 Å². The van der Waals surface area contributed by atoms with Crippen LogP contribution in [0.15, 0.2) is 66.7 Å². The van der Waals surface area contributed by atoms with Crippen LogP contribution in [0.2, 0.25) is 0 Å². The fourth-order valence-corrected chi connectivity index (χ4v) is 5.08. The quantitative estimate of drug-likeness (QED) is 0.315. The normalized spacial score (nSPS) is 10.6. The van der Waals surface area contributed by atoms with Crippen LogP contribution in [0.4, 0.5) is 11.4 Å². The van der Waals surface area contributed by atoms with Gasteiger partial charge in [0, 0.05) is 29.3 Å². The lowest BCUT2D eigenvalue weighted by Gasteiger charge is -2.23. The zero-order valence-corrected chi connectivity index (χ0v) is 17.8. The number of carboxylic acid groups (broad SMARTS) is 2. The number of aryl methyl sites for hydroxylation is 1. The summed E-state index contributed by atoms with van der Waals surface area (Å²) in [4.78, 5) is 23.0. The lowest BCUT2D eigenvalue weighted by atomic mass is 10.2. The number of phenols is 1. The van der Waals surface area contributed by atoms with Crippen molar-refractivity contribution in [3.8, 4) is 5.75 Å². The zero-order chi connectivity index (χ0) is 22.4. The fraction of sp³-hybridized carbons (Fsp3) is 0.130. The standard InChI is InChI=1S/C23H23N2O5P/c1-15-10-11-20(26)21(12-15)31(13-24-18-8-4-2-6-16(18)22(27)28)14-25-19-9-5-3-7-17(19)23(29)30/h2-12,24-26H,13-14H2,1H3,(H,27,28)(H,29,30). The zero-order valence-electron chi connectivity index (χ0n) is 16.9. The second kappa shape index (κ2) is 9.96. The minimum Gasteiger partial charge on any atom is -0.507 e. The number of hydrogen-bond donors (Lipinski definition) is 5. The minimum atomic E-state index is -1.06. The Morgan fingerprint density at radius 2 is 1.29 bits per heavy atom. The van der Waals surface area contributed by atoms with E-state index in [0.29, 0.717) is 23.9 Å². The van der Waals surface area contributed by atoms with Gasteiger partial charge in [-0.2, -0.15) is 0 Å². The molecule has 31 heavy (non-hydrogen) atoms. The van der Waals surface area contributed by atoms with E-state index in [9.17, 15) is 24.9 Å². The Morgan fingerprint density at radius 3 is 1.77 bits per heavy atom. The Kier molecular flexibility index (Phi) is 7.11. The maximum Gasteiger partial charge on any atom is 0.337 e. The highest BCUT2D eigenvalue weighted by Crippen LogP contribution is 2.38. The van der Waals surface area contributed by atoms with E-state index in [1.165, 1.54) is 12.1 Å². The predicted molar refractivity (Wildman–Crippen MR) is 123 cm³/mol. The van der Waals surface area contributed by atoms with Gasteiger partial charge < -0.3 is 26.0 Å². The first kappa shape index (κ1) is 22.1. The van der Waals surface area contributed by atoms with Crippen molar-refractivity contribution >= 4 is 36.5 Å². The van der Waals surface area contributed by atoms with Crippen LogP contribution in [0.5, 0.6) is 5.75 Å². The fourth-order valence-electron chi connectivity index (χ4n) is 3.12. The van der Waals surface area contributed by atoms with Crippen molar-refractivity contribution in [3.05, 3.63) is 83.4 Å². The maximum atomic E-state index is 11.5. The highest BCUT2D eigenvalue weighted by molar-refractivity contribution is 7.66. The van der Waals surface area contributed by atoms with Crippen molar-refractivity contribution in [3.63, 3.8) is 0 Å². The third-order valence-electron chi connectivity index (χ3n) is 4.71. The molecule has 7 nitrogen and oxygen atoms in total. The van der Waals surface area contributed by atoms with Gasteiger partial charge in [0.1, 0.15) is 5.75 Å². The molecule has 0 unspecified atom stereocenters.